The third-order valence-electron chi connectivity index (χ3n) is 2.75. The Hall–Kier alpha value is -1.25. The molecule has 0 unspecified atom stereocenters. The lowest BCUT2D eigenvalue weighted by molar-refractivity contribution is 1.14. The summed E-state index contributed by atoms with van der Waals surface area (Å²) >= 11 is 10.9. The second kappa shape index (κ2) is 5.39. The molecule has 86 valence electrons. The van der Waals surface area contributed by atoms with Crippen molar-refractivity contribution in [2.45, 2.75) is 13.3 Å². The molecule has 2 aromatic rings. The molecule has 17 heavy (non-hydrogen) atoms. The van der Waals surface area contributed by atoms with Gasteiger partial charge in [0, 0.05) is 18.0 Å². The lowest BCUT2D eigenvalue weighted by atomic mass is 9.98. The first-order valence-electron chi connectivity index (χ1n) is 5.47. The van der Waals surface area contributed by atoms with Crippen molar-refractivity contribution < 1.29 is 0 Å². The molecule has 0 radical (unpaired) electrons. The van der Waals surface area contributed by atoms with Crippen LogP contribution in [-0.4, -0.2) is 0 Å². The summed E-state index contributed by atoms with van der Waals surface area (Å²) in [6.45, 7) is 2.14. The van der Waals surface area contributed by atoms with Gasteiger partial charge in [-0.05, 0) is 29.7 Å². The van der Waals surface area contributed by atoms with Crippen LogP contribution in [-0.2, 0) is 18.8 Å². The second-order valence-electron chi connectivity index (χ2n) is 3.77. The van der Waals surface area contributed by atoms with E-state index in [4.69, 9.17) is 11.6 Å². The summed E-state index contributed by atoms with van der Waals surface area (Å²) in [4.78, 5) is 0. The third kappa shape index (κ3) is 2.54. The zero-order valence-corrected chi connectivity index (χ0v) is 11.1. The van der Waals surface area contributed by atoms with E-state index in [1.807, 2.05) is 24.3 Å². The topological polar surface area (TPSA) is 12.4 Å². The van der Waals surface area contributed by atoms with Crippen LogP contribution in [0.4, 0.5) is 5.69 Å². The van der Waals surface area contributed by atoms with Gasteiger partial charge in [0.2, 0.25) is 0 Å². The Balaban J connectivity index is 2.56. The van der Waals surface area contributed by atoms with Crippen molar-refractivity contribution >= 4 is 29.7 Å². The van der Waals surface area contributed by atoms with Gasteiger partial charge in [0.05, 0.1) is 10.7 Å². The van der Waals surface area contributed by atoms with Gasteiger partial charge in [-0.15, -0.1) is 0 Å². The van der Waals surface area contributed by atoms with Gasteiger partial charge in [0.15, 0.2) is 0 Å². The molecule has 0 heterocycles. The zero-order valence-electron chi connectivity index (χ0n) is 9.48. The maximum atomic E-state index is 6.27. The minimum atomic E-state index is 0.692. The molecule has 0 aliphatic heterocycles. The summed E-state index contributed by atoms with van der Waals surface area (Å²) in [5, 5.41) is 0.692. The van der Waals surface area contributed by atoms with Gasteiger partial charge in [-0.25, -0.2) is 0 Å². The predicted octanol–water partition coefficient (Wildman–Crippen LogP) is 4.93. The Morgan fingerprint density at radius 1 is 1.12 bits per heavy atom. The van der Waals surface area contributed by atoms with E-state index in [1.165, 1.54) is 11.1 Å². The van der Waals surface area contributed by atoms with E-state index < -0.39 is 0 Å². The minimum absolute atomic E-state index is 0.692. The highest BCUT2D eigenvalue weighted by molar-refractivity contribution is 7.47. The Labute approximate surface area is 112 Å². The van der Waals surface area contributed by atoms with Crippen molar-refractivity contribution in [2.24, 2.45) is 4.36 Å². The number of benzene rings is 2. The molecule has 0 saturated carbocycles. The van der Waals surface area contributed by atoms with E-state index in [2.05, 4.69) is 35.8 Å². The van der Waals surface area contributed by atoms with Crippen molar-refractivity contribution in [3.63, 3.8) is 0 Å². The minimum Gasteiger partial charge on any atom is -0.182 e. The first-order chi connectivity index (χ1) is 8.26. The molecule has 0 fully saturated rings. The van der Waals surface area contributed by atoms with Gasteiger partial charge < -0.3 is 0 Å². The molecule has 0 aromatic heterocycles. The van der Waals surface area contributed by atoms with Crippen LogP contribution in [0.3, 0.4) is 0 Å². The number of rotatable bonds is 3. The Morgan fingerprint density at radius 3 is 2.53 bits per heavy atom. The number of halogens is 1. The Morgan fingerprint density at radius 2 is 1.88 bits per heavy atom. The highest BCUT2D eigenvalue weighted by Crippen LogP contribution is 2.33. The summed E-state index contributed by atoms with van der Waals surface area (Å²) in [5.41, 5.74) is 4.22. The molecule has 0 aliphatic carbocycles. The van der Waals surface area contributed by atoms with Crippen molar-refractivity contribution in [1.82, 2.24) is 0 Å². The standard InChI is InChI=1S/C14H12ClNS/c1-2-10-5-3-4-6-12(10)13-8-7-11(16-17)9-14(13)15/h3-9H,2H2,1H3. The Bertz CT molecular complexity index is 552. The summed E-state index contributed by atoms with van der Waals surface area (Å²) in [6, 6.07) is 13.9. The Kier molecular flexibility index (Phi) is 3.87. The lowest BCUT2D eigenvalue weighted by Gasteiger charge is -2.09. The van der Waals surface area contributed by atoms with Crippen molar-refractivity contribution in [3.05, 3.63) is 53.1 Å². The van der Waals surface area contributed by atoms with Gasteiger partial charge >= 0.3 is 0 Å². The molecule has 0 amide bonds. The summed E-state index contributed by atoms with van der Waals surface area (Å²) < 4.78 is 3.71. The van der Waals surface area contributed by atoms with Crippen molar-refractivity contribution in [3.8, 4) is 11.1 Å². The van der Waals surface area contributed by atoms with Crippen LogP contribution in [0.1, 0.15) is 12.5 Å². The molecule has 0 N–H and O–H groups in total. The van der Waals surface area contributed by atoms with Crippen LogP contribution in [0.2, 0.25) is 5.02 Å². The van der Waals surface area contributed by atoms with Crippen molar-refractivity contribution in [1.29, 1.82) is 0 Å². The highest BCUT2D eigenvalue weighted by atomic mass is 35.5. The molecule has 0 atom stereocenters. The first-order valence-corrected chi connectivity index (χ1v) is 6.21. The van der Waals surface area contributed by atoms with E-state index >= 15 is 0 Å². The predicted molar refractivity (Wildman–Crippen MR) is 75.7 cm³/mol. The largest absolute Gasteiger partial charge is 0.182 e. The molecule has 3 heteroatoms. The van der Waals surface area contributed by atoms with Gasteiger partial charge in [0.25, 0.3) is 0 Å². The van der Waals surface area contributed by atoms with Gasteiger partial charge in [-0.1, -0.05) is 48.9 Å². The van der Waals surface area contributed by atoms with E-state index in [1.54, 1.807) is 6.07 Å². The third-order valence-corrected chi connectivity index (χ3v) is 3.27. The molecule has 2 aromatic carbocycles. The fraction of sp³-hybridized carbons (Fsp3) is 0.143. The van der Waals surface area contributed by atoms with Gasteiger partial charge in [-0.3, -0.25) is 0 Å². The van der Waals surface area contributed by atoms with E-state index in [9.17, 15) is 0 Å². The average Bonchev–Trinajstić information content (AvgIpc) is 2.38. The highest BCUT2D eigenvalue weighted by Gasteiger charge is 2.07. The maximum Gasteiger partial charge on any atom is 0.0784 e. The van der Waals surface area contributed by atoms with Gasteiger partial charge in [0.1, 0.15) is 0 Å². The zero-order chi connectivity index (χ0) is 12.3. The average molecular weight is 262 g/mol. The molecule has 0 spiro atoms. The van der Waals surface area contributed by atoms with E-state index in [-0.39, 0.29) is 0 Å². The first kappa shape index (κ1) is 12.2. The molecule has 0 saturated heterocycles. The van der Waals surface area contributed by atoms with E-state index in [0.29, 0.717) is 5.02 Å². The summed E-state index contributed by atoms with van der Waals surface area (Å²) in [5.74, 6) is 0. The van der Waals surface area contributed by atoms with Crippen LogP contribution < -0.4 is 0 Å². The number of hydrogen-bond acceptors (Lipinski definition) is 2. The summed E-state index contributed by atoms with van der Waals surface area (Å²) in [6.07, 6.45) is 0.986. The molecule has 0 aliphatic rings. The monoisotopic (exact) mass is 261 g/mol. The molecule has 2 rings (SSSR count). The van der Waals surface area contributed by atoms with Gasteiger partial charge in [-0.2, -0.15) is 4.36 Å². The quantitative estimate of drug-likeness (QED) is 0.763. The number of hydrogen-bond donors (Lipinski definition) is 0. The molecular formula is C14H12ClNS. The maximum absolute atomic E-state index is 6.27. The fourth-order valence-electron chi connectivity index (χ4n) is 1.87. The van der Waals surface area contributed by atoms with Crippen LogP contribution in [0.15, 0.2) is 46.8 Å². The number of nitrogens with zero attached hydrogens (tertiary/aromatic N) is 1. The smallest absolute Gasteiger partial charge is 0.0784 e. The number of aryl methyl sites for hydroxylation is 1. The van der Waals surface area contributed by atoms with Crippen LogP contribution >= 0.6 is 11.6 Å². The van der Waals surface area contributed by atoms with Crippen LogP contribution in [0, 0.1) is 0 Å². The van der Waals surface area contributed by atoms with Crippen LogP contribution in [0.25, 0.3) is 11.1 Å². The fourth-order valence-corrected chi connectivity index (χ4v) is 2.26. The van der Waals surface area contributed by atoms with E-state index in [0.717, 1.165) is 17.7 Å². The SMILES string of the molecule is CCc1ccccc1-c1ccc(N=S)cc1Cl. The van der Waals surface area contributed by atoms with Crippen LogP contribution in [0.5, 0.6) is 0 Å². The summed E-state index contributed by atoms with van der Waals surface area (Å²) in [7, 11) is 0. The molecule has 0 bridgehead atoms. The molecular weight excluding hydrogens is 250 g/mol. The normalized spacial score (nSPS) is 10.2. The second-order valence-corrected chi connectivity index (χ2v) is 4.36. The molecule has 1 nitrogen and oxygen atoms in total. The lowest BCUT2D eigenvalue weighted by Crippen LogP contribution is -1.87. The van der Waals surface area contributed by atoms with Crippen molar-refractivity contribution in [2.75, 3.05) is 0 Å².